The molecule has 1 aliphatic carbocycles. The molecule has 0 aromatic heterocycles. The summed E-state index contributed by atoms with van der Waals surface area (Å²) in [7, 11) is 0. The van der Waals surface area contributed by atoms with Gasteiger partial charge in [-0.15, -0.1) is 0 Å². The van der Waals surface area contributed by atoms with E-state index in [0.29, 0.717) is 5.92 Å². The molecule has 2 N–H and O–H groups in total. The first kappa shape index (κ1) is 16.6. The van der Waals surface area contributed by atoms with Crippen LogP contribution in [-0.4, -0.2) is 0 Å². The molecule has 1 heteroatoms. The van der Waals surface area contributed by atoms with E-state index in [9.17, 15) is 0 Å². The van der Waals surface area contributed by atoms with E-state index in [1.54, 1.807) is 0 Å². The van der Waals surface area contributed by atoms with Crippen molar-refractivity contribution in [3.63, 3.8) is 0 Å². The zero-order chi connectivity index (χ0) is 17.3. The number of nitrogen functional groups attached to an aromatic ring is 1. The topological polar surface area (TPSA) is 26.0 Å². The SMILES string of the molecule is CC1C=CC(c2cc(C(C)(C)C)cc(-c3ccccc3)c2N)=CC1. The van der Waals surface area contributed by atoms with Crippen LogP contribution in [0.2, 0.25) is 0 Å². The second-order valence-electron chi connectivity index (χ2n) is 7.83. The van der Waals surface area contributed by atoms with Crippen LogP contribution in [0.15, 0.2) is 60.7 Å². The molecule has 1 nitrogen and oxygen atoms in total. The van der Waals surface area contributed by atoms with Crippen LogP contribution >= 0.6 is 0 Å². The average Bonchev–Trinajstić information content (AvgIpc) is 2.56. The van der Waals surface area contributed by atoms with Crippen molar-refractivity contribution in [2.75, 3.05) is 5.73 Å². The van der Waals surface area contributed by atoms with Gasteiger partial charge in [-0.1, -0.05) is 76.3 Å². The van der Waals surface area contributed by atoms with Crippen molar-refractivity contribution in [2.24, 2.45) is 5.92 Å². The number of hydrogen-bond acceptors (Lipinski definition) is 1. The van der Waals surface area contributed by atoms with Gasteiger partial charge in [0.2, 0.25) is 0 Å². The summed E-state index contributed by atoms with van der Waals surface area (Å²) in [5.41, 5.74) is 13.6. The Morgan fingerprint density at radius 1 is 1.00 bits per heavy atom. The summed E-state index contributed by atoms with van der Waals surface area (Å²) in [5, 5.41) is 0. The minimum atomic E-state index is 0.0816. The first-order valence-corrected chi connectivity index (χ1v) is 8.74. The van der Waals surface area contributed by atoms with E-state index in [2.05, 4.69) is 82.3 Å². The van der Waals surface area contributed by atoms with E-state index in [1.807, 2.05) is 6.07 Å². The largest absolute Gasteiger partial charge is 0.398 e. The lowest BCUT2D eigenvalue weighted by Gasteiger charge is -2.24. The standard InChI is InChI=1S/C23H27N/c1-16-10-12-18(13-11-16)21-15-19(23(2,3)4)14-20(22(21)24)17-8-6-5-7-9-17/h5-10,12-16H,11,24H2,1-4H3. The van der Waals surface area contributed by atoms with Gasteiger partial charge in [0.25, 0.3) is 0 Å². The molecular formula is C23H27N. The highest BCUT2D eigenvalue weighted by Crippen LogP contribution is 2.38. The Labute approximate surface area is 145 Å². The highest BCUT2D eigenvalue weighted by molar-refractivity contribution is 5.90. The quantitative estimate of drug-likeness (QED) is 0.654. The third kappa shape index (κ3) is 3.31. The summed E-state index contributed by atoms with van der Waals surface area (Å²) in [4.78, 5) is 0. The summed E-state index contributed by atoms with van der Waals surface area (Å²) in [5.74, 6) is 0.606. The first-order chi connectivity index (χ1) is 11.4. The number of nitrogens with two attached hydrogens (primary N) is 1. The van der Waals surface area contributed by atoms with Crippen molar-refractivity contribution in [2.45, 2.75) is 39.5 Å². The molecule has 1 atom stereocenters. The highest BCUT2D eigenvalue weighted by atomic mass is 14.6. The monoisotopic (exact) mass is 317 g/mol. The molecule has 2 aromatic rings. The molecule has 0 saturated carbocycles. The maximum Gasteiger partial charge on any atom is 0.0473 e. The number of allylic oxidation sites excluding steroid dienone is 4. The summed E-state index contributed by atoms with van der Waals surface area (Å²) < 4.78 is 0. The Balaban J connectivity index is 2.20. The predicted octanol–water partition coefficient (Wildman–Crippen LogP) is 6.21. The molecule has 0 saturated heterocycles. The van der Waals surface area contributed by atoms with Crippen LogP contribution in [0.1, 0.15) is 45.2 Å². The van der Waals surface area contributed by atoms with Gasteiger partial charge in [0, 0.05) is 16.8 Å². The van der Waals surface area contributed by atoms with Gasteiger partial charge in [0.05, 0.1) is 0 Å². The van der Waals surface area contributed by atoms with Gasteiger partial charge >= 0.3 is 0 Å². The molecule has 24 heavy (non-hydrogen) atoms. The van der Waals surface area contributed by atoms with Gasteiger partial charge in [-0.2, -0.15) is 0 Å². The third-order valence-electron chi connectivity index (χ3n) is 4.76. The van der Waals surface area contributed by atoms with Crippen molar-refractivity contribution in [1.29, 1.82) is 0 Å². The summed E-state index contributed by atoms with van der Waals surface area (Å²) in [6.45, 7) is 9.01. The second kappa shape index (κ2) is 6.32. The van der Waals surface area contributed by atoms with E-state index < -0.39 is 0 Å². The van der Waals surface area contributed by atoms with E-state index >= 15 is 0 Å². The molecule has 0 spiro atoms. The molecule has 1 aliphatic rings. The average molecular weight is 317 g/mol. The molecule has 0 fully saturated rings. The molecule has 124 valence electrons. The van der Waals surface area contributed by atoms with Gasteiger partial charge in [-0.25, -0.2) is 0 Å². The van der Waals surface area contributed by atoms with Crippen LogP contribution in [-0.2, 0) is 5.41 Å². The molecule has 0 radical (unpaired) electrons. The fourth-order valence-corrected chi connectivity index (χ4v) is 3.11. The van der Waals surface area contributed by atoms with Crippen molar-refractivity contribution in [3.8, 4) is 11.1 Å². The van der Waals surface area contributed by atoms with Crippen LogP contribution in [0.25, 0.3) is 16.7 Å². The Morgan fingerprint density at radius 2 is 1.67 bits per heavy atom. The Morgan fingerprint density at radius 3 is 2.25 bits per heavy atom. The normalized spacial score (nSPS) is 17.7. The zero-order valence-electron chi connectivity index (χ0n) is 15.1. The summed E-state index contributed by atoms with van der Waals surface area (Å²) in [6, 6.07) is 15.0. The van der Waals surface area contributed by atoms with Crippen molar-refractivity contribution >= 4 is 11.3 Å². The lowest BCUT2D eigenvalue weighted by molar-refractivity contribution is 0.590. The first-order valence-electron chi connectivity index (χ1n) is 8.74. The van der Waals surface area contributed by atoms with Crippen LogP contribution in [0.4, 0.5) is 5.69 Å². The van der Waals surface area contributed by atoms with Crippen LogP contribution < -0.4 is 5.73 Å². The molecule has 0 heterocycles. The minimum Gasteiger partial charge on any atom is -0.398 e. The van der Waals surface area contributed by atoms with Crippen LogP contribution in [0.3, 0.4) is 0 Å². The number of benzene rings is 2. The molecule has 0 bridgehead atoms. The van der Waals surface area contributed by atoms with E-state index in [4.69, 9.17) is 5.73 Å². The summed E-state index contributed by atoms with van der Waals surface area (Å²) >= 11 is 0. The number of rotatable bonds is 2. The van der Waals surface area contributed by atoms with E-state index in [1.165, 1.54) is 16.7 Å². The molecule has 1 unspecified atom stereocenters. The predicted molar refractivity (Wildman–Crippen MR) is 106 cm³/mol. The van der Waals surface area contributed by atoms with Gasteiger partial charge in [0.1, 0.15) is 0 Å². The summed E-state index contributed by atoms with van der Waals surface area (Å²) in [6.07, 6.45) is 7.89. The van der Waals surface area contributed by atoms with Gasteiger partial charge in [-0.3, -0.25) is 0 Å². The maximum atomic E-state index is 6.62. The lowest BCUT2D eigenvalue weighted by atomic mass is 9.81. The Kier molecular flexibility index (Phi) is 4.36. The van der Waals surface area contributed by atoms with Crippen molar-refractivity contribution in [3.05, 3.63) is 71.8 Å². The molecule has 0 amide bonds. The molecule has 2 aromatic carbocycles. The Hall–Kier alpha value is -2.28. The van der Waals surface area contributed by atoms with Gasteiger partial charge < -0.3 is 5.73 Å². The van der Waals surface area contributed by atoms with Gasteiger partial charge in [0.15, 0.2) is 0 Å². The highest BCUT2D eigenvalue weighted by Gasteiger charge is 2.20. The zero-order valence-corrected chi connectivity index (χ0v) is 15.1. The second-order valence-corrected chi connectivity index (χ2v) is 7.83. The smallest absolute Gasteiger partial charge is 0.0473 e. The maximum absolute atomic E-state index is 6.62. The van der Waals surface area contributed by atoms with Crippen molar-refractivity contribution in [1.82, 2.24) is 0 Å². The van der Waals surface area contributed by atoms with Crippen LogP contribution in [0, 0.1) is 5.92 Å². The third-order valence-corrected chi connectivity index (χ3v) is 4.76. The Bertz CT molecular complexity index is 789. The lowest BCUT2D eigenvalue weighted by Crippen LogP contribution is -2.13. The van der Waals surface area contributed by atoms with E-state index in [-0.39, 0.29) is 5.41 Å². The van der Waals surface area contributed by atoms with E-state index in [0.717, 1.165) is 23.2 Å². The van der Waals surface area contributed by atoms with Crippen molar-refractivity contribution < 1.29 is 0 Å². The van der Waals surface area contributed by atoms with Gasteiger partial charge in [-0.05, 0) is 46.6 Å². The molecule has 0 aliphatic heterocycles. The minimum absolute atomic E-state index is 0.0816. The molecule has 3 rings (SSSR count). The van der Waals surface area contributed by atoms with Crippen LogP contribution in [0.5, 0.6) is 0 Å². The fraction of sp³-hybridized carbons (Fsp3) is 0.304. The fourth-order valence-electron chi connectivity index (χ4n) is 3.11. The number of anilines is 1. The molecular weight excluding hydrogens is 290 g/mol. The number of hydrogen-bond donors (Lipinski definition) is 1.